The van der Waals surface area contributed by atoms with Crippen LogP contribution < -0.4 is 0 Å². The van der Waals surface area contributed by atoms with Crippen LogP contribution in [0.5, 0.6) is 0 Å². The molecule has 0 fully saturated rings. The molecule has 0 aliphatic rings. The van der Waals surface area contributed by atoms with Crippen molar-refractivity contribution in [2.45, 2.75) is 0 Å². The van der Waals surface area contributed by atoms with Crippen LogP contribution in [0.1, 0.15) is 0 Å². The second-order valence-electron chi connectivity index (χ2n) is 0. The van der Waals surface area contributed by atoms with Gasteiger partial charge in [0.1, 0.15) is 0 Å². The van der Waals surface area contributed by atoms with Gasteiger partial charge in [0.15, 0.2) is 0 Å². The average molecular weight is 185 g/mol. The third-order valence-electron chi connectivity index (χ3n) is 0. The molecule has 0 aromatic carbocycles. The molecule has 0 aromatic rings. The van der Waals surface area contributed by atoms with Crippen LogP contribution in [0.2, 0.25) is 0 Å². The van der Waals surface area contributed by atoms with Crippen molar-refractivity contribution < 1.29 is 32.9 Å². The number of rotatable bonds is 0. The molecule has 0 atom stereocenters. The van der Waals surface area contributed by atoms with Gasteiger partial charge in [-0.1, -0.05) is 0 Å². The molecular formula is H13CaClO6. The fourth-order valence-electron chi connectivity index (χ4n) is 0. The van der Waals surface area contributed by atoms with E-state index < -0.39 is 0 Å². The minimum atomic E-state index is 0. The number of hydrogen-bond donors (Lipinski definition) is 0. The largest absolute Gasteiger partial charge is 0.412 e. The molecule has 58 valence electrons. The molecule has 6 nitrogen and oxygen atoms in total. The Balaban J connectivity index is 0. The number of hydrogen-bond acceptors (Lipinski definition) is 0. The summed E-state index contributed by atoms with van der Waals surface area (Å²) >= 11 is 0. The van der Waals surface area contributed by atoms with Gasteiger partial charge in [-0.05, 0) is 0 Å². The standard InChI is InChI=1S/Ca.ClH.6H2O/h;1H;6*1H2. The smallest absolute Gasteiger partial charge is 0 e. The molecule has 2 radical (unpaired) electrons. The monoisotopic (exact) mass is 184 g/mol. The van der Waals surface area contributed by atoms with Crippen LogP contribution in [0.4, 0.5) is 0 Å². The zero-order chi connectivity index (χ0) is 0. The van der Waals surface area contributed by atoms with Gasteiger partial charge in [-0.2, -0.15) is 0 Å². The molecule has 8 heteroatoms. The Morgan fingerprint density at radius 1 is 0.375 bits per heavy atom. The second-order valence-corrected chi connectivity index (χ2v) is 0. The second kappa shape index (κ2) is 259. The van der Waals surface area contributed by atoms with E-state index in [-0.39, 0.29) is 83.0 Å². The van der Waals surface area contributed by atoms with Crippen LogP contribution in [0.15, 0.2) is 0 Å². The molecule has 0 aliphatic heterocycles. The van der Waals surface area contributed by atoms with Gasteiger partial charge < -0.3 is 32.9 Å². The minimum Gasteiger partial charge on any atom is -0.412 e. The van der Waals surface area contributed by atoms with Gasteiger partial charge in [0.05, 0.1) is 0 Å². The van der Waals surface area contributed by atoms with E-state index in [0.29, 0.717) is 0 Å². The summed E-state index contributed by atoms with van der Waals surface area (Å²) in [5, 5.41) is 0. The van der Waals surface area contributed by atoms with Crippen LogP contribution in [-0.4, -0.2) is 70.6 Å². The topological polar surface area (TPSA) is 189 Å². The maximum atomic E-state index is 0. The third kappa shape index (κ3) is 170. The van der Waals surface area contributed by atoms with Crippen molar-refractivity contribution in [2.75, 3.05) is 0 Å². The predicted molar refractivity (Wildman–Crippen MR) is 34.7 cm³/mol. The number of halogens is 1. The van der Waals surface area contributed by atoms with Crippen LogP contribution in [0, 0.1) is 0 Å². The van der Waals surface area contributed by atoms with Gasteiger partial charge in [-0.25, -0.2) is 0 Å². The van der Waals surface area contributed by atoms with E-state index in [1.54, 1.807) is 0 Å². The summed E-state index contributed by atoms with van der Waals surface area (Å²) in [4.78, 5) is 0. The van der Waals surface area contributed by atoms with E-state index in [1.165, 1.54) is 0 Å². The fraction of sp³-hybridized carbons (Fsp3) is 0. The van der Waals surface area contributed by atoms with Crippen molar-refractivity contribution in [3.8, 4) is 0 Å². The first-order chi connectivity index (χ1) is 0. The van der Waals surface area contributed by atoms with Crippen LogP contribution in [0.3, 0.4) is 0 Å². The van der Waals surface area contributed by atoms with Gasteiger partial charge in [0.2, 0.25) is 0 Å². The van der Waals surface area contributed by atoms with Crippen LogP contribution >= 0.6 is 12.4 Å². The predicted octanol–water partition coefficient (Wildman–Crippen LogP) is -4.91. The summed E-state index contributed by atoms with van der Waals surface area (Å²) < 4.78 is 0. The van der Waals surface area contributed by atoms with Gasteiger partial charge in [0, 0.05) is 37.7 Å². The Morgan fingerprint density at radius 3 is 0.375 bits per heavy atom. The molecule has 0 aliphatic carbocycles. The fourth-order valence-corrected chi connectivity index (χ4v) is 0. The van der Waals surface area contributed by atoms with Gasteiger partial charge in [0.25, 0.3) is 0 Å². The summed E-state index contributed by atoms with van der Waals surface area (Å²) in [5.41, 5.74) is 0. The molecule has 0 bridgehead atoms. The molecule has 0 saturated carbocycles. The molecule has 0 unspecified atom stereocenters. The Bertz CT molecular complexity index is 8.49. The average Bonchev–Trinajstić information content (AvgIpc) is 0. The molecular weight excluding hydrogens is 172 g/mol. The maximum Gasteiger partial charge on any atom is 0 e. The van der Waals surface area contributed by atoms with E-state index in [9.17, 15) is 0 Å². The van der Waals surface area contributed by atoms with Crippen molar-refractivity contribution in [2.24, 2.45) is 0 Å². The van der Waals surface area contributed by atoms with Crippen molar-refractivity contribution in [3.05, 3.63) is 0 Å². The first kappa shape index (κ1) is 375. The first-order valence-electron chi connectivity index (χ1n) is 0. The third-order valence-corrected chi connectivity index (χ3v) is 0. The van der Waals surface area contributed by atoms with Gasteiger partial charge in [-0.15, -0.1) is 12.4 Å². The SMILES string of the molecule is Cl.O.O.O.O.O.O.[Ca]. The van der Waals surface area contributed by atoms with E-state index >= 15 is 0 Å². The van der Waals surface area contributed by atoms with Gasteiger partial charge in [-0.3, -0.25) is 0 Å². The van der Waals surface area contributed by atoms with E-state index in [1.807, 2.05) is 0 Å². The molecule has 8 heavy (non-hydrogen) atoms. The molecule has 0 saturated heterocycles. The van der Waals surface area contributed by atoms with Crippen LogP contribution in [-0.2, 0) is 0 Å². The Kier molecular flexibility index (Phi) is 12100. The molecule has 12 N–H and O–H groups in total. The molecule has 0 amide bonds. The van der Waals surface area contributed by atoms with Gasteiger partial charge >= 0.3 is 0 Å². The minimum absolute atomic E-state index is 0. The normalized spacial score (nSPS) is 0. The molecule has 0 spiro atoms. The summed E-state index contributed by atoms with van der Waals surface area (Å²) in [6.07, 6.45) is 0. The van der Waals surface area contributed by atoms with E-state index in [2.05, 4.69) is 0 Å². The van der Waals surface area contributed by atoms with E-state index in [0.717, 1.165) is 0 Å². The zero-order valence-corrected chi connectivity index (χ0v) is 7.14. The van der Waals surface area contributed by atoms with Crippen molar-refractivity contribution in [1.82, 2.24) is 0 Å². The molecule has 0 heterocycles. The molecule has 0 rings (SSSR count). The Labute approximate surface area is 82.5 Å². The first-order valence-corrected chi connectivity index (χ1v) is 0. The van der Waals surface area contributed by atoms with Crippen molar-refractivity contribution in [3.63, 3.8) is 0 Å². The quantitative estimate of drug-likeness (QED) is 0.326. The summed E-state index contributed by atoms with van der Waals surface area (Å²) in [6, 6.07) is 0. The summed E-state index contributed by atoms with van der Waals surface area (Å²) in [5.74, 6) is 0. The summed E-state index contributed by atoms with van der Waals surface area (Å²) in [7, 11) is 0. The molecule has 0 aromatic heterocycles. The Hall–Kier alpha value is 1.31. The zero-order valence-electron chi connectivity index (χ0n) is 4.12. The Morgan fingerprint density at radius 2 is 0.375 bits per heavy atom. The van der Waals surface area contributed by atoms with E-state index in [4.69, 9.17) is 0 Å². The van der Waals surface area contributed by atoms with Crippen molar-refractivity contribution in [1.29, 1.82) is 0 Å². The van der Waals surface area contributed by atoms with Crippen LogP contribution in [0.25, 0.3) is 0 Å². The van der Waals surface area contributed by atoms with Crippen molar-refractivity contribution >= 4 is 50.1 Å². The summed E-state index contributed by atoms with van der Waals surface area (Å²) in [6.45, 7) is 0. The maximum absolute atomic E-state index is 0.